The van der Waals surface area contributed by atoms with Crippen LogP contribution in [-0.2, 0) is 13.2 Å². The Morgan fingerprint density at radius 2 is 2.00 bits per heavy atom. The Morgan fingerprint density at radius 1 is 1.21 bits per heavy atom. The molecule has 0 unspecified atom stereocenters. The van der Waals surface area contributed by atoms with E-state index in [0.29, 0.717) is 16.9 Å². The Kier molecular flexibility index (Phi) is 4.80. The lowest BCUT2D eigenvalue weighted by atomic mass is 10.2. The smallest absolute Gasteiger partial charge is 0.148 e. The summed E-state index contributed by atoms with van der Waals surface area (Å²) in [5, 5.41) is 9.31. The molecule has 0 aliphatic heterocycles. The van der Waals surface area contributed by atoms with Crippen molar-refractivity contribution in [2.75, 3.05) is 0 Å². The van der Waals surface area contributed by atoms with E-state index in [2.05, 4.69) is 15.9 Å². The molecule has 0 amide bonds. The van der Waals surface area contributed by atoms with Gasteiger partial charge < -0.3 is 9.84 Å². The van der Waals surface area contributed by atoms with E-state index >= 15 is 0 Å². The number of aliphatic hydroxyl groups excluding tert-OH is 1. The highest BCUT2D eigenvalue weighted by Crippen LogP contribution is 2.25. The SMILES string of the molecule is OCc1cc(Br)ccc1OCc1cccc(Cl)c1F. The lowest BCUT2D eigenvalue weighted by Gasteiger charge is -2.11. The fourth-order valence-electron chi connectivity index (χ4n) is 1.63. The van der Waals surface area contributed by atoms with E-state index in [-0.39, 0.29) is 18.2 Å². The molecule has 0 bridgehead atoms. The number of rotatable bonds is 4. The van der Waals surface area contributed by atoms with E-state index in [1.807, 2.05) is 0 Å². The fraction of sp³-hybridized carbons (Fsp3) is 0.143. The van der Waals surface area contributed by atoms with Crippen molar-refractivity contribution in [2.45, 2.75) is 13.2 Å². The molecular weight excluding hydrogens is 335 g/mol. The Labute approximate surface area is 123 Å². The summed E-state index contributed by atoms with van der Waals surface area (Å²) in [6, 6.07) is 10.0. The monoisotopic (exact) mass is 344 g/mol. The van der Waals surface area contributed by atoms with Crippen LogP contribution in [-0.4, -0.2) is 5.11 Å². The van der Waals surface area contributed by atoms with E-state index in [0.717, 1.165) is 4.47 Å². The van der Waals surface area contributed by atoms with Gasteiger partial charge in [0.2, 0.25) is 0 Å². The van der Waals surface area contributed by atoms with Gasteiger partial charge in [-0.2, -0.15) is 0 Å². The van der Waals surface area contributed by atoms with E-state index < -0.39 is 5.82 Å². The van der Waals surface area contributed by atoms with Crippen LogP contribution in [0.3, 0.4) is 0 Å². The van der Waals surface area contributed by atoms with Crippen LogP contribution in [0.2, 0.25) is 5.02 Å². The van der Waals surface area contributed by atoms with Gasteiger partial charge in [0.05, 0.1) is 11.6 Å². The van der Waals surface area contributed by atoms with Gasteiger partial charge in [-0.15, -0.1) is 0 Å². The van der Waals surface area contributed by atoms with Crippen LogP contribution < -0.4 is 4.74 Å². The van der Waals surface area contributed by atoms with E-state index in [1.54, 1.807) is 30.3 Å². The quantitative estimate of drug-likeness (QED) is 0.894. The summed E-state index contributed by atoms with van der Waals surface area (Å²) in [7, 11) is 0. The van der Waals surface area contributed by atoms with Crippen LogP contribution in [0.25, 0.3) is 0 Å². The molecule has 0 aliphatic carbocycles. The van der Waals surface area contributed by atoms with Gasteiger partial charge >= 0.3 is 0 Å². The third-order valence-corrected chi connectivity index (χ3v) is 3.39. The molecule has 19 heavy (non-hydrogen) atoms. The molecular formula is C14H11BrClFO2. The lowest BCUT2D eigenvalue weighted by Crippen LogP contribution is -2.01. The van der Waals surface area contributed by atoms with Crippen molar-refractivity contribution >= 4 is 27.5 Å². The van der Waals surface area contributed by atoms with Gasteiger partial charge in [-0.3, -0.25) is 0 Å². The van der Waals surface area contributed by atoms with Gasteiger partial charge in [-0.1, -0.05) is 39.7 Å². The van der Waals surface area contributed by atoms with Crippen molar-refractivity contribution in [1.82, 2.24) is 0 Å². The summed E-state index contributed by atoms with van der Waals surface area (Å²) in [6.07, 6.45) is 0. The second-order valence-corrected chi connectivity index (χ2v) is 5.23. The molecule has 0 aliphatic rings. The van der Waals surface area contributed by atoms with Crippen LogP contribution in [0.4, 0.5) is 4.39 Å². The molecule has 0 atom stereocenters. The molecule has 0 aromatic heterocycles. The first-order valence-electron chi connectivity index (χ1n) is 5.57. The van der Waals surface area contributed by atoms with Crippen LogP contribution in [0.5, 0.6) is 5.75 Å². The maximum atomic E-state index is 13.7. The predicted octanol–water partition coefficient (Wildman–Crippen LogP) is 4.31. The first-order valence-corrected chi connectivity index (χ1v) is 6.74. The molecule has 5 heteroatoms. The maximum Gasteiger partial charge on any atom is 0.148 e. The highest BCUT2D eigenvalue weighted by atomic mass is 79.9. The van der Waals surface area contributed by atoms with Gasteiger partial charge in [0, 0.05) is 15.6 Å². The minimum Gasteiger partial charge on any atom is -0.488 e. The maximum absolute atomic E-state index is 13.7. The van der Waals surface area contributed by atoms with Gasteiger partial charge in [-0.05, 0) is 24.3 Å². The van der Waals surface area contributed by atoms with Crippen LogP contribution in [0.15, 0.2) is 40.9 Å². The first-order chi connectivity index (χ1) is 9.11. The van der Waals surface area contributed by atoms with E-state index in [1.165, 1.54) is 6.07 Å². The van der Waals surface area contributed by atoms with Crippen molar-refractivity contribution in [1.29, 1.82) is 0 Å². The Bertz CT molecular complexity index is 590. The normalized spacial score (nSPS) is 10.5. The average Bonchev–Trinajstić information content (AvgIpc) is 2.41. The highest BCUT2D eigenvalue weighted by molar-refractivity contribution is 9.10. The molecule has 0 spiro atoms. The third kappa shape index (κ3) is 3.47. The first kappa shape index (κ1) is 14.3. The second kappa shape index (κ2) is 6.37. The van der Waals surface area contributed by atoms with Crippen LogP contribution >= 0.6 is 27.5 Å². The standard InChI is InChI=1S/C14H11BrClFO2/c15-11-4-5-13(10(6-11)7-18)19-8-9-2-1-3-12(16)14(9)17/h1-6,18H,7-8H2. The zero-order valence-corrected chi connectivity index (χ0v) is 12.2. The molecule has 0 radical (unpaired) electrons. The molecule has 0 saturated heterocycles. The van der Waals surface area contributed by atoms with Crippen LogP contribution in [0, 0.1) is 5.82 Å². The lowest BCUT2D eigenvalue weighted by molar-refractivity contribution is 0.257. The zero-order valence-electron chi connectivity index (χ0n) is 9.87. The zero-order chi connectivity index (χ0) is 13.8. The van der Waals surface area contributed by atoms with Crippen LogP contribution in [0.1, 0.15) is 11.1 Å². The summed E-state index contributed by atoms with van der Waals surface area (Å²) in [4.78, 5) is 0. The minimum absolute atomic E-state index is 0.0566. The average molecular weight is 346 g/mol. The Hall–Kier alpha value is -1.10. The summed E-state index contributed by atoms with van der Waals surface area (Å²) >= 11 is 9.01. The molecule has 1 N–H and O–H groups in total. The summed E-state index contributed by atoms with van der Waals surface area (Å²) in [5.74, 6) is 0.0388. The number of ether oxygens (including phenoxy) is 1. The predicted molar refractivity (Wildman–Crippen MR) is 75.8 cm³/mol. The number of hydrogen-bond donors (Lipinski definition) is 1. The molecule has 2 nitrogen and oxygen atoms in total. The molecule has 100 valence electrons. The van der Waals surface area contributed by atoms with Crippen molar-refractivity contribution in [2.24, 2.45) is 0 Å². The summed E-state index contributed by atoms with van der Waals surface area (Å²) in [5.41, 5.74) is 1.01. The van der Waals surface area contributed by atoms with Gasteiger partial charge in [0.15, 0.2) is 0 Å². The Balaban J connectivity index is 2.17. The van der Waals surface area contributed by atoms with Crippen molar-refractivity contribution in [3.05, 3.63) is 62.8 Å². The van der Waals surface area contributed by atoms with E-state index in [9.17, 15) is 9.50 Å². The van der Waals surface area contributed by atoms with Gasteiger partial charge in [0.1, 0.15) is 18.2 Å². The molecule has 0 fully saturated rings. The third-order valence-electron chi connectivity index (χ3n) is 2.61. The number of benzene rings is 2. The minimum atomic E-state index is -0.480. The van der Waals surface area contributed by atoms with E-state index in [4.69, 9.17) is 16.3 Å². The fourth-order valence-corrected chi connectivity index (χ4v) is 2.23. The van der Waals surface area contributed by atoms with Crippen molar-refractivity contribution < 1.29 is 14.2 Å². The molecule has 0 saturated carbocycles. The molecule has 2 aromatic carbocycles. The van der Waals surface area contributed by atoms with Crippen molar-refractivity contribution in [3.8, 4) is 5.75 Å². The number of aliphatic hydroxyl groups is 1. The number of halogens is 3. The highest BCUT2D eigenvalue weighted by Gasteiger charge is 2.09. The molecule has 2 aromatic rings. The summed E-state index contributed by atoms with van der Waals surface area (Å²) in [6.45, 7) is -0.0895. The molecule has 2 rings (SSSR count). The second-order valence-electron chi connectivity index (χ2n) is 3.91. The van der Waals surface area contributed by atoms with Gasteiger partial charge in [0.25, 0.3) is 0 Å². The summed E-state index contributed by atoms with van der Waals surface area (Å²) < 4.78 is 20.1. The Morgan fingerprint density at radius 3 is 2.74 bits per heavy atom. The largest absolute Gasteiger partial charge is 0.488 e. The topological polar surface area (TPSA) is 29.5 Å². The van der Waals surface area contributed by atoms with Crippen molar-refractivity contribution in [3.63, 3.8) is 0 Å². The van der Waals surface area contributed by atoms with Gasteiger partial charge in [-0.25, -0.2) is 4.39 Å². The molecule has 0 heterocycles. The number of hydrogen-bond acceptors (Lipinski definition) is 2.